The van der Waals surface area contributed by atoms with Crippen LogP contribution in [0.4, 0.5) is 0 Å². The van der Waals surface area contributed by atoms with Crippen molar-refractivity contribution in [2.75, 3.05) is 0 Å². The normalized spacial score (nSPS) is 13.3. The van der Waals surface area contributed by atoms with E-state index in [0.717, 1.165) is 6.54 Å². The summed E-state index contributed by atoms with van der Waals surface area (Å²) in [5.41, 5.74) is 1.62. The second-order valence-electron chi connectivity index (χ2n) is 6.21. The van der Waals surface area contributed by atoms with Crippen LogP contribution < -0.4 is 0 Å². The van der Waals surface area contributed by atoms with Gasteiger partial charge in [-0.15, -0.1) is 0 Å². The Morgan fingerprint density at radius 3 is 2.07 bits per heavy atom. The lowest BCUT2D eigenvalue weighted by atomic mass is 9.93. The molecule has 2 heteroatoms. The summed E-state index contributed by atoms with van der Waals surface area (Å²) in [6.07, 6.45) is 2.08. The first kappa shape index (κ1) is 11.3. The zero-order chi connectivity index (χ0) is 11.0. The van der Waals surface area contributed by atoms with Crippen LogP contribution in [-0.4, -0.2) is 9.78 Å². The predicted octanol–water partition coefficient (Wildman–Crippen LogP) is 3.23. The highest BCUT2D eigenvalue weighted by Gasteiger charge is 2.18. The van der Waals surface area contributed by atoms with Crippen LogP contribution in [-0.2, 0) is 12.0 Å². The molecule has 1 rings (SSSR count). The molecule has 0 radical (unpaired) electrons. The molecule has 0 aliphatic heterocycles. The fraction of sp³-hybridized carbons (Fsp3) is 0.750. The van der Waals surface area contributed by atoms with E-state index in [0.29, 0.717) is 5.41 Å². The van der Waals surface area contributed by atoms with Crippen LogP contribution >= 0.6 is 0 Å². The Morgan fingerprint density at radius 2 is 1.71 bits per heavy atom. The topological polar surface area (TPSA) is 17.8 Å². The molecule has 0 atom stereocenters. The van der Waals surface area contributed by atoms with Gasteiger partial charge in [-0.3, -0.25) is 4.68 Å². The zero-order valence-electron chi connectivity index (χ0n) is 10.3. The Balaban J connectivity index is 2.79. The molecule has 1 heterocycles. The van der Waals surface area contributed by atoms with Gasteiger partial charge in [0.25, 0.3) is 0 Å². The SMILES string of the molecule is CC(C)(C)Cn1ccc(C(C)(C)C)n1. The minimum atomic E-state index is 0.156. The molecule has 0 fully saturated rings. The van der Waals surface area contributed by atoms with Crippen molar-refractivity contribution >= 4 is 0 Å². The molecule has 0 aromatic carbocycles. The van der Waals surface area contributed by atoms with E-state index in [2.05, 4.69) is 58.9 Å². The van der Waals surface area contributed by atoms with Gasteiger partial charge in [-0.05, 0) is 11.5 Å². The van der Waals surface area contributed by atoms with Crippen molar-refractivity contribution in [3.8, 4) is 0 Å². The Morgan fingerprint density at radius 1 is 1.14 bits per heavy atom. The van der Waals surface area contributed by atoms with Crippen LogP contribution in [0.1, 0.15) is 47.2 Å². The first-order chi connectivity index (χ1) is 6.18. The molecule has 14 heavy (non-hydrogen) atoms. The number of aromatic nitrogens is 2. The van der Waals surface area contributed by atoms with Gasteiger partial charge in [0.2, 0.25) is 0 Å². The summed E-state index contributed by atoms with van der Waals surface area (Å²) >= 11 is 0. The van der Waals surface area contributed by atoms with E-state index in [4.69, 9.17) is 0 Å². The number of hydrogen-bond donors (Lipinski definition) is 0. The fourth-order valence-corrected chi connectivity index (χ4v) is 1.34. The molecule has 0 spiro atoms. The van der Waals surface area contributed by atoms with E-state index in [1.165, 1.54) is 5.69 Å². The second kappa shape index (κ2) is 3.41. The molecule has 0 bridgehead atoms. The summed E-state index contributed by atoms with van der Waals surface area (Å²) in [7, 11) is 0. The van der Waals surface area contributed by atoms with E-state index in [9.17, 15) is 0 Å². The van der Waals surface area contributed by atoms with Crippen LogP contribution in [0, 0.1) is 5.41 Å². The molecule has 0 N–H and O–H groups in total. The summed E-state index contributed by atoms with van der Waals surface area (Å²) in [6, 6.07) is 2.12. The largest absolute Gasteiger partial charge is 0.272 e. The Hall–Kier alpha value is -0.790. The Bertz CT molecular complexity index is 297. The Kier molecular flexibility index (Phi) is 2.75. The van der Waals surface area contributed by atoms with Gasteiger partial charge in [0, 0.05) is 18.2 Å². The maximum Gasteiger partial charge on any atom is 0.0677 e. The number of hydrogen-bond acceptors (Lipinski definition) is 1. The summed E-state index contributed by atoms with van der Waals surface area (Å²) < 4.78 is 2.04. The molecule has 1 aromatic rings. The highest BCUT2D eigenvalue weighted by atomic mass is 15.3. The molecule has 0 saturated heterocycles. The van der Waals surface area contributed by atoms with Gasteiger partial charge in [-0.1, -0.05) is 41.5 Å². The van der Waals surface area contributed by atoms with Gasteiger partial charge in [-0.25, -0.2) is 0 Å². The lowest BCUT2D eigenvalue weighted by Crippen LogP contribution is -2.18. The van der Waals surface area contributed by atoms with Crippen molar-refractivity contribution in [2.24, 2.45) is 5.41 Å². The van der Waals surface area contributed by atoms with Crippen molar-refractivity contribution in [3.05, 3.63) is 18.0 Å². The zero-order valence-corrected chi connectivity index (χ0v) is 10.3. The van der Waals surface area contributed by atoms with E-state index in [1.807, 2.05) is 4.68 Å². The fourth-order valence-electron chi connectivity index (χ4n) is 1.34. The average Bonchev–Trinajstić information content (AvgIpc) is 2.29. The Labute approximate surface area is 87.3 Å². The van der Waals surface area contributed by atoms with Crippen molar-refractivity contribution in [2.45, 2.75) is 53.5 Å². The van der Waals surface area contributed by atoms with Gasteiger partial charge in [0.1, 0.15) is 0 Å². The van der Waals surface area contributed by atoms with Gasteiger partial charge in [0.05, 0.1) is 5.69 Å². The van der Waals surface area contributed by atoms with Crippen LogP contribution in [0.5, 0.6) is 0 Å². The molecule has 0 aliphatic carbocycles. The maximum absolute atomic E-state index is 4.58. The third-order valence-electron chi connectivity index (χ3n) is 2.05. The molecule has 1 aromatic heterocycles. The number of nitrogens with zero attached hydrogens (tertiary/aromatic N) is 2. The molecular weight excluding hydrogens is 172 g/mol. The van der Waals surface area contributed by atoms with E-state index < -0.39 is 0 Å². The van der Waals surface area contributed by atoms with Crippen molar-refractivity contribution in [3.63, 3.8) is 0 Å². The van der Waals surface area contributed by atoms with Gasteiger partial charge < -0.3 is 0 Å². The van der Waals surface area contributed by atoms with Gasteiger partial charge in [0.15, 0.2) is 0 Å². The molecule has 0 unspecified atom stereocenters. The summed E-state index contributed by atoms with van der Waals surface area (Å²) in [4.78, 5) is 0. The molecule has 80 valence electrons. The van der Waals surface area contributed by atoms with Gasteiger partial charge >= 0.3 is 0 Å². The lowest BCUT2D eigenvalue weighted by molar-refractivity contribution is 0.322. The first-order valence-electron chi connectivity index (χ1n) is 5.22. The monoisotopic (exact) mass is 194 g/mol. The van der Waals surface area contributed by atoms with E-state index in [-0.39, 0.29) is 5.41 Å². The summed E-state index contributed by atoms with van der Waals surface area (Å²) in [6.45, 7) is 14.2. The summed E-state index contributed by atoms with van der Waals surface area (Å²) in [5, 5.41) is 4.58. The quantitative estimate of drug-likeness (QED) is 0.671. The first-order valence-corrected chi connectivity index (χ1v) is 5.22. The summed E-state index contributed by atoms with van der Waals surface area (Å²) in [5.74, 6) is 0. The van der Waals surface area contributed by atoms with Crippen molar-refractivity contribution in [1.82, 2.24) is 9.78 Å². The third-order valence-corrected chi connectivity index (χ3v) is 2.05. The van der Waals surface area contributed by atoms with E-state index >= 15 is 0 Å². The number of rotatable bonds is 1. The molecule has 0 saturated carbocycles. The molecular formula is C12H22N2. The minimum Gasteiger partial charge on any atom is -0.272 e. The highest BCUT2D eigenvalue weighted by Crippen LogP contribution is 2.21. The van der Waals surface area contributed by atoms with Gasteiger partial charge in [-0.2, -0.15) is 5.10 Å². The standard InChI is InChI=1S/C12H22N2/c1-11(2,3)9-14-8-7-10(13-14)12(4,5)6/h7-8H,9H2,1-6H3. The molecule has 0 amide bonds. The maximum atomic E-state index is 4.58. The minimum absolute atomic E-state index is 0.156. The van der Waals surface area contributed by atoms with Crippen molar-refractivity contribution in [1.29, 1.82) is 0 Å². The lowest BCUT2D eigenvalue weighted by Gasteiger charge is -2.19. The van der Waals surface area contributed by atoms with Crippen LogP contribution in [0.25, 0.3) is 0 Å². The van der Waals surface area contributed by atoms with Crippen LogP contribution in [0.15, 0.2) is 12.3 Å². The van der Waals surface area contributed by atoms with E-state index in [1.54, 1.807) is 0 Å². The molecule has 0 aliphatic rings. The van der Waals surface area contributed by atoms with Crippen LogP contribution in [0.2, 0.25) is 0 Å². The van der Waals surface area contributed by atoms with Crippen LogP contribution in [0.3, 0.4) is 0 Å². The third kappa shape index (κ3) is 3.17. The predicted molar refractivity (Wildman–Crippen MR) is 60.4 cm³/mol. The average molecular weight is 194 g/mol. The second-order valence-corrected chi connectivity index (χ2v) is 6.21. The van der Waals surface area contributed by atoms with Crippen molar-refractivity contribution < 1.29 is 0 Å². The smallest absolute Gasteiger partial charge is 0.0677 e. The highest BCUT2D eigenvalue weighted by molar-refractivity contribution is 5.10. The molecule has 2 nitrogen and oxygen atoms in total.